The number of anilines is 6. The van der Waals surface area contributed by atoms with Crippen LogP contribution in [0.3, 0.4) is 0 Å². The predicted octanol–water partition coefficient (Wildman–Crippen LogP) is 15.9. The Bertz CT molecular complexity index is 3100. The highest BCUT2D eigenvalue weighted by molar-refractivity contribution is 7.33. The molecular formula is C59H62BF3N2S. The van der Waals surface area contributed by atoms with E-state index in [0.29, 0.717) is 11.4 Å². The largest absolute Gasteiger partial charge is 0.416 e. The van der Waals surface area contributed by atoms with Gasteiger partial charge in [0.25, 0.3) is 6.71 Å². The van der Waals surface area contributed by atoms with Crippen LogP contribution in [0.25, 0.3) is 21.2 Å². The quantitative estimate of drug-likeness (QED) is 0.163. The lowest BCUT2D eigenvalue weighted by Crippen LogP contribution is -2.60. The molecule has 0 saturated carbocycles. The smallest absolute Gasteiger partial charge is 0.311 e. The Labute approximate surface area is 395 Å². The van der Waals surface area contributed by atoms with Crippen LogP contribution in [0.2, 0.25) is 0 Å². The van der Waals surface area contributed by atoms with Crippen molar-refractivity contribution in [3.8, 4) is 11.1 Å². The van der Waals surface area contributed by atoms with Crippen molar-refractivity contribution in [1.29, 1.82) is 0 Å². The molecule has 6 aromatic carbocycles. The van der Waals surface area contributed by atoms with E-state index >= 15 is 13.2 Å². The van der Waals surface area contributed by atoms with E-state index in [4.69, 9.17) is 0 Å². The van der Waals surface area contributed by atoms with Crippen LogP contribution >= 0.6 is 11.3 Å². The van der Waals surface area contributed by atoms with Crippen LogP contribution in [0.5, 0.6) is 0 Å². The predicted molar refractivity (Wildman–Crippen MR) is 278 cm³/mol. The summed E-state index contributed by atoms with van der Waals surface area (Å²) in [6, 6.07) is 40.1. The fourth-order valence-electron chi connectivity index (χ4n) is 10.9. The van der Waals surface area contributed by atoms with E-state index in [1.807, 2.05) is 6.07 Å². The molecule has 338 valence electrons. The third-order valence-corrected chi connectivity index (χ3v) is 16.2. The lowest BCUT2D eigenvalue weighted by molar-refractivity contribution is -0.137. The third kappa shape index (κ3) is 7.13. The number of hydrogen-bond donors (Lipinski definition) is 0. The zero-order valence-corrected chi connectivity index (χ0v) is 41.7. The first kappa shape index (κ1) is 44.6. The number of fused-ring (bicyclic) bond motifs is 7. The molecule has 0 radical (unpaired) electrons. The maximum absolute atomic E-state index is 15.8. The Hall–Kier alpha value is -5.27. The highest BCUT2D eigenvalue weighted by Crippen LogP contribution is 2.53. The Morgan fingerprint density at radius 1 is 0.530 bits per heavy atom. The molecule has 66 heavy (non-hydrogen) atoms. The number of rotatable bonds is 3. The minimum Gasteiger partial charge on any atom is -0.311 e. The van der Waals surface area contributed by atoms with E-state index in [9.17, 15) is 0 Å². The van der Waals surface area contributed by atoms with E-state index in [-0.39, 0.29) is 33.8 Å². The van der Waals surface area contributed by atoms with Gasteiger partial charge < -0.3 is 9.80 Å². The lowest BCUT2D eigenvalue weighted by Gasteiger charge is -2.44. The van der Waals surface area contributed by atoms with Crippen LogP contribution in [-0.2, 0) is 33.3 Å². The second-order valence-electron chi connectivity index (χ2n) is 23.7. The van der Waals surface area contributed by atoms with Crippen molar-refractivity contribution in [1.82, 2.24) is 0 Å². The van der Waals surface area contributed by atoms with E-state index in [1.54, 1.807) is 11.3 Å². The average Bonchev–Trinajstić information content (AvgIpc) is 3.62. The summed E-state index contributed by atoms with van der Waals surface area (Å²) in [7, 11) is 0. The Morgan fingerprint density at radius 2 is 1.09 bits per heavy atom. The number of thiophene rings is 1. The van der Waals surface area contributed by atoms with Crippen molar-refractivity contribution in [2.45, 2.75) is 136 Å². The van der Waals surface area contributed by atoms with Crippen molar-refractivity contribution in [3.05, 3.63) is 149 Å². The van der Waals surface area contributed by atoms with Gasteiger partial charge in [-0.05, 0) is 133 Å². The SMILES string of the molecule is CC(C)(C)c1ccc(N2c3cc(C(F)(F)F)cc4c3B(c3cc(C(C)(C)C)ccc3N4c3ccc(C(C)(C)C)cc3-c3ccc4c(c3)C(C)(C)CCC4(C)C)c3sc4ccccc4c32)cc1. The zero-order chi connectivity index (χ0) is 47.3. The van der Waals surface area contributed by atoms with Crippen molar-refractivity contribution in [2.24, 2.45) is 0 Å². The van der Waals surface area contributed by atoms with Crippen LogP contribution in [0.1, 0.15) is 136 Å². The van der Waals surface area contributed by atoms with Gasteiger partial charge in [-0.15, -0.1) is 11.3 Å². The molecule has 2 aliphatic heterocycles. The first-order valence-electron chi connectivity index (χ1n) is 23.7. The standard InChI is InChI=1S/C59H62BF3N2S/c1-54(2,3)36-19-23-40(24-20-36)64-48-33-39(59(61,62)63)34-49-51(48)60(53-52(64)41-16-14-15-17-50(41)66-53)45-32-38(56(7,8)9)22-27-47(45)65(49)46-26-21-37(55(4,5)6)31-42(46)35-18-25-43-44(30-35)58(12,13)29-28-57(43,10)11/h14-27,30-34H,28-29H2,1-13H3. The molecule has 0 amide bonds. The normalized spacial score (nSPS) is 16.5. The molecule has 0 spiro atoms. The Balaban J connectivity index is 1.33. The molecular weight excluding hydrogens is 837 g/mol. The van der Waals surface area contributed by atoms with Gasteiger partial charge in [-0.1, -0.05) is 157 Å². The summed E-state index contributed by atoms with van der Waals surface area (Å²) in [5, 5.41) is 1.04. The molecule has 7 aromatic rings. The number of nitrogens with zero attached hydrogens (tertiary/aromatic N) is 2. The molecule has 3 aliphatic rings. The van der Waals surface area contributed by atoms with Crippen molar-refractivity contribution in [2.75, 3.05) is 9.80 Å². The Morgan fingerprint density at radius 3 is 1.71 bits per heavy atom. The first-order chi connectivity index (χ1) is 30.7. The van der Waals surface area contributed by atoms with Crippen LogP contribution in [0.15, 0.2) is 115 Å². The van der Waals surface area contributed by atoms with Gasteiger partial charge in [-0.2, -0.15) is 13.2 Å². The molecule has 0 saturated heterocycles. The average molecular weight is 899 g/mol. The number of hydrogen-bond acceptors (Lipinski definition) is 3. The summed E-state index contributed by atoms with van der Waals surface area (Å²) in [4.78, 5) is 4.32. The molecule has 1 aromatic heterocycles. The summed E-state index contributed by atoms with van der Waals surface area (Å²) in [6.45, 7) is 29.1. The van der Waals surface area contributed by atoms with Crippen LogP contribution < -0.4 is 25.5 Å². The maximum Gasteiger partial charge on any atom is 0.416 e. The monoisotopic (exact) mass is 898 g/mol. The van der Waals surface area contributed by atoms with Gasteiger partial charge in [0, 0.05) is 43.2 Å². The van der Waals surface area contributed by atoms with E-state index < -0.39 is 11.7 Å². The van der Waals surface area contributed by atoms with E-state index in [1.165, 1.54) is 34.4 Å². The molecule has 0 fully saturated rings. The van der Waals surface area contributed by atoms with Gasteiger partial charge in [0.15, 0.2) is 0 Å². The van der Waals surface area contributed by atoms with Crippen LogP contribution in [0, 0.1) is 0 Å². The molecule has 2 nitrogen and oxygen atoms in total. The first-order valence-corrected chi connectivity index (χ1v) is 24.5. The molecule has 0 N–H and O–H groups in total. The van der Waals surface area contributed by atoms with Gasteiger partial charge in [-0.25, -0.2) is 0 Å². The summed E-state index contributed by atoms with van der Waals surface area (Å²) >= 11 is 1.76. The molecule has 0 atom stereocenters. The highest BCUT2D eigenvalue weighted by Gasteiger charge is 2.48. The van der Waals surface area contributed by atoms with E-state index in [0.717, 1.165) is 78.1 Å². The number of halogens is 3. The van der Waals surface area contributed by atoms with Crippen LogP contribution in [0.4, 0.5) is 47.3 Å². The van der Waals surface area contributed by atoms with Crippen LogP contribution in [-0.4, -0.2) is 6.71 Å². The summed E-state index contributed by atoms with van der Waals surface area (Å²) in [5.41, 5.74) is 13.9. The maximum atomic E-state index is 15.8. The molecule has 3 heterocycles. The number of alkyl halides is 3. The molecule has 1 aliphatic carbocycles. The minimum atomic E-state index is -4.61. The lowest BCUT2D eigenvalue weighted by atomic mass is 9.36. The topological polar surface area (TPSA) is 6.48 Å². The van der Waals surface area contributed by atoms with Gasteiger partial charge >= 0.3 is 6.18 Å². The molecule has 0 bridgehead atoms. The van der Waals surface area contributed by atoms with Gasteiger partial charge in [0.2, 0.25) is 0 Å². The third-order valence-electron chi connectivity index (χ3n) is 15.0. The number of benzene rings is 6. The van der Waals surface area contributed by atoms with Crippen molar-refractivity contribution >= 4 is 78.0 Å². The van der Waals surface area contributed by atoms with Gasteiger partial charge in [0.05, 0.1) is 16.9 Å². The summed E-state index contributed by atoms with van der Waals surface area (Å²) in [6.07, 6.45) is -2.43. The molecule has 0 unspecified atom stereocenters. The van der Waals surface area contributed by atoms with Crippen molar-refractivity contribution < 1.29 is 13.2 Å². The fraction of sp³-hybridized carbons (Fsp3) is 0.356. The van der Waals surface area contributed by atoms with Gasteiger partial charge in [0.1, 0.15) is 0 Å². The summed E-state index contributed by atoms with van der Waals surface area (Å²) in [5.74, 6) is 0. The fourth-order valence-corrected chi connectivity index (χ4v) is 12.2. The summed E-state index contributed by atoms with van der Waals surface area (Å²) < 4.78 is 49.6. The molecule has 7 heteroatoms. The second-order valence-corrected chi connectivity index (χ2v) is 24.8. The van der Waals surface area contributed by atoms with Crippen molar-refractivity contribution in [3.63, 3.8) is 0 Å². The van der Waals surface area contributed by atoms with E-state index in [2.05, 4.69) is 197 Å². The Kier molecular flexibility index (Phi) is 9.87. The highest BCUT2D eigenvalue weighted by atomic mass is 32.1. The zero-order valence-electron chi connectivity index (χ0n) is 40.9. The second kappa shape index (κ2) is 14.6. The van der Waals surface area contributed by atoms with Gasteiger partial charge in [-0.3, -0.25) is 0 Å². The minimum absolute atomic E-state index is 0.0341. The molecule has 10 rings (SSSR count).